The zero-order valence-corrected chi connectivity index (χ0v) is 11.5. The number of nitrogens with zero attached hydrogens (tertiary/aromatic N) is 1. The summed E-state index contributed by atoms with van der Waals surface area (Å²) in [6.07, 6.45) is 3.85. The molecular formula is C13H26N2O2. The van der Waals surface area contributed by atoms with E-state index in [-0.39, 0.29) is 17.6 Å². The summed E-state index contributed by atoms with van der Waals surface area (Å²) in [5.41, 5.74) is -0.0652. The number of hydrogen-bond donors (Lipinski definition) is 2. The molecule has 17 heavy (non-hydrogen) atoms. The normalized spacial score (nSPS) is 18.4. The van der Waals surface area contributed by atoms with E-state index in [9.17, 15) is 9.90 Å². The fourth-order valence-corrected chi connectivity index (χ4v) is 2.25. The quantitative estimate of drug-likeness (QED) is 0.774. The minimum Gasteiger partial charge on any atom is -0.393 e. The lowest BCUT2D eigenvalue weighted by Gasteiger charge is -2.35. The van der Waals surface area contributed by atoms with Crippen molar-refractivity contribution >= 4 is 6.03 Å². The summed E-state index contributed by atoms with van der Waals surface area (Å²) >= 11 is 0. The first kappa shape index (κ1) is 14.3. The van der Waals surface area contributed by atoms with E-state index in [1.165, 1.54) is 6.42 Å². The summed E-state index contributed by atoms with van der Waals surface area (Å²) in [5.74, 6) is 0. The maximum Gasteiger partial charge on any atom is 0.317 e. The Balaban J connectivity index is 2.31. The van der Waals surface area contributed by atoms with Gasteiger partial charge in [0.1, 0.15) is 0 Å². The highest BCUT2D eigenvalue weighted by Gasteiger charge is 2.27. The van der Waals surface area contributed by atoms with Crippen LogP contribution in [-0.2, 0) is 0 Å². The van der Waals surface area contributed by atoms with Crippen molar-refractivity contribution in [3.05, 3.63) is 0 Å². The maximum absolute atomic E-state index is 11.9. The summed E-state index contributed by atoms with van der Waals surface area (Å²) < 4.78 is 0. The molecule has 1 aliphatic carbocycles. The number of amides is 2. The van der Waals surface area contributed by atoms with Gasteiger partial charge < -0.3 is 15.3 Å². The van der Waals surface area contributed by atoms with E-state index in [0.717, 1.165) is 12.8 Å². The molecule has 0 bridgehead atoms. The Hall–Kier alpha value is -0.770. The third-order valence-electron chi connectivity index (χ3n) is 3.51. The van der Waals surface area contributed by atoms with Gasteiger partial charge in [0, 0.05) is 19.6 Å². The van der Waals surface area contributed by atoms with Crippen molar-refractivity contribution < 1.29 is 9.90 Å². The van der Waals surface area contributed by atoms with Crippen molar-refractivity contribution in [3.8, 4) is 0 Å². The van der Waals surface area contributed by atoms with Crippen molar-refractivity contribution in [1.82, 2.24) is 10.2 Å². The molecule has 1 unspecified atom stereocenters. The predicted octanol–water partition coefficient (Wildman–Crippen LogP) is 1.98. The minimum absolute atomic E-state index is 0.00775. The second kappa shape index (κ2) is 5.71. The molecule has 0 radical (unpaired) electrons. The molecule has 4 heteroatoms. The van der Waals surface area contributed by atoms with Gasteiger partial charge in [-0.25, -0.2) is 4.79 Å². The molecule has 1 fully saturated rings. The molecule has 1 rings (SSSR count). The summed E-state index contributed by atoms with van der Waals surface area (Å²) in [5, 5.41) is 12.3. The fraction of sp³-hybridized carbons (Fsp3) is 0.923. The molecule has 100 valence electrons. The Bertz CT molecular complexity index is 260. The Kier molecular flexibility index (Phi) is 4.80. The van der Waals surface area contributed by atoms with Gasteiger partial charge >= 0.3 is 6.03 Å². The number of hydrogen-bond acceptors (Lipinski definition) is 2. The third kappa shape index (κ3) is 4.54. The molecule has 0 aromatic rings. The molecule has 4 nitrogen and oxygen atoms in total. The number of rotatable bonds is 5. The van der Waals surface area contributed by atoms with E-state index in [1.54, 1.807) is 6.92 Å². The number of aliphatic hydroxyl groups is 1. The summed E-state index contributed by atoms with van der Waals surface area (Å²) in [4.78, 5) is 13.7. The molecule has 0 aliphatic heterocycles. The maximum atomic E-state index is 11.9. The monoisotopic (exact) mass is 242 g/mol. The lowest BCUT2D eigenvalue weighted by Crippen LogP contribution is -2.48. The van der Waals surface area contributed by atoms with Crippen LogP contribution in [0.15, 0.2) is 0 Å². The van der Waals surface area contributed by atoms with Gasteiger partial charge in [0.2, 0.25) is 0 Å². The lowest BCUT2D eigenvalue weighted by atomic mass is 9.87. The Labute approximate surface area is 104 Å². The number of nitrogens with one attached hydrogen (secondary N) is 1. The van der Waals surface area contributed by atoms with E-state index in [2.05, 4.69) is 19.2 Å². The molecule has 0 heterocycles. The highest BCUT2D eigenvalue weighted by atomic mass is 16.3. The number of urea groups is 1. The molecule has 2 N–H and O–H groups in total. The number of carbonyl (C=O) groups is 1. The van der Waals surface area contributed by atoms with Gasteiger partial charge in [-0.2, -0.15) is 0 Å². The van der Waals surface area contributed by atoms with Crippen LogP contribution < -0.4 is 5.32 Å². The topological polar surface area (TPSA) is 52.6 Å². The highest BCUT2D eigenvalue weighted by molar-refractivity contribution is 5.74. The van der Waals surface area contributed by atoms with Crippen LogP contribution in [0.1, 0.15) is 46.5 Å². The van der Waals surface area contributed by atoms with Gasteiger partial charge in [0.25, 0.3) is 0 Å². The van der Waals surface area contributed by atoms with E-state index in [1.807, 2.05) is 11.9 Å². The second-order valence-corrected chi connectivity index (χ2v) is 6.07. The molecule has 0 aromatic carbocycles. The zero-order valence-electron chi connectivity index (χ0n) is 11.5. The van der Waals surface area contributed by atoms with Gasteiger partial charge in [0.05, 0.1) is 6.10 Å². The first-order valence-corrected chi connectivity index (χ1v) is 6.50. The van der Waals surface area contributed by atoms with E-state index in [0.29, 0.717) is 19.0 Å². The minimum atomic E-state index is -0.328. The van der Waals surface area contributed by atoms with Crippen LogP contribution in [0.4, 0.5) is 4.79 Å². The Morgan fingerprint density at radius 3 is 2.53 bits per heavy atom. The van der Waals surface area contributed by atoms with Crippen LogP contribution in [0.5, 0.6) is 0 Å². The number of carbonyl (C=O) groups excluding carboxylic acids is 1. The molecule has 0 spiro atoms. The molecule has 0 aromatic heterocycles. The molecule has 1 saturated carbocycles. The molecular weight excluding hydrogens is 216 g/mol. The average Bonchev–Trinajstić information content (AvgIpc) is 2.09. The fourth-order valence-electron chi connectivity index (χ4n) is 2.25. The van der Waals surface area contributed by atoms with Gasteiger partial charge in [-0.05, 0) is 38.0 Å². The smallest absolute Gasteiger partial charge is 0.317 e. The Morgan fingerprint density at radius 1 is 1.53 bits per heavy atom. The first-order valence-electron chi connectivity index (χ1n) is 6.50. The van der Waals surface area contributed by atoms with Crippen molar-refractivity contribution in [2.45, 2.75) is 58.6 Å². The summed E-state index contributed by atoms with van der Waals surface area (Å²) in [6.45, 7) is 6.50. The van der Waals surface area contributed by atoms with Gasteiger partial charge in [-0.1, -0.05) is 13.8 Å². The van der Waals surface area contributed by atoms with Crippen molar-refractivity contribution in [1.29, 1.82) is 0 Å². The molecule has 1 aliphatic rings. The van der Waals surface area contributed by atoms with Crippen molar-refractivity contribution in [3.63, 3.8) is 0 Å². The van der Waals surface area contributed by atoms with E-state index < -0.39 is 0 Å². The lowest BCUT2D eigenvalue weighted by molar-refractivity contribution is 0.122. The second-order valence-electron chi connectivity index (χ2n) is 6.07. The first-order chi connectivity index (χ1) is 7.82. The average molecular weight is 242 g/mol. The SMILES string of the molecule is CC(O)CC(C)(C)CNC(=O)N(C)C1CCC1. The molecule has 2 amide bonds. The van der Waals surface area contributed by atoms with Crippen LogP contribution in [0.2, 0.25) is 0 Å². The van der Waals surface area contributed by atoms with Gasteiger partial charge in [-0.15, -0.1) is 0 Å². The summed E-state index contributed by atoms with van der Waals surface area (Å²) in [6, 6.07) is 0.434. The standard InChI is InChI=1S/C13H26N2O2/c1-10(16)8-13(2,3)9-14-12(17)15(4)11-6-5-7-11/h10-11,16H,5-9H2,1-4H3,(H,14,17). The van der Waals surface area contributed by atoms with Crippen molar-refractivity contribution in [2.24, 2.45) is 5.41 Å². The van der Waals surface area contributed by atoms with E-state index in [4.69, 9.17) is 0 Å². The van der Waals surface area contributed by atoms with Gasteiger partial charge in [0.15, 0.2) is 0 Å². The highest BCUT2D eigenvalue weighted by Crippen LogP contribution is 2.24. The third-order valence-corrected chi connectivity index (χ3v) is 3.51. The summed E-state index contributed by atoms with van der Waals surface area (Å²) in [7, 11) is 1.86. The zero-order chi connectivity index (χ0) is 13.1. The largest absolute Gasteiger partial charge is 0.393 e. The van der Waals surface area contributed by atoms with Crippen LogP contribution in [0.25, 0.3) is 0 Å². The number of aliphatic hydroxyl groups excluding tert-OH is 1. The van der Waals surface area contributed by atoms with Crippen LogP contribution >= 0.6 is 0 Å². The van der Waals surface area contributed by atoms with Crippen LogP contribution in [0, 0.1) is 5.41 Å². The molecule has 0 saturated heterocycles. The van der Waals surface area contributed by atoms with E-state index >= 15 is 0 Å². The van der Waals surface area contributed by atoms with Crippen LogP contribution in [-0.4, -0.2) is 41.8 Å². The predicted molar refractivity (Wildman–Crippen MR) is 68.9 cm³/mol. The Morgan fingerprint density at radius 2 is 2.12 bits per heavy atom. The van der Waals surface area contributed by atoms with Gasteiger partial charge in [-0.3, -0.25) is 0 Å². The van der Waals surface area contributed by atoms with Crippen LogP contribution in [0.3, 0.4) is 0 Å². The van der Waals surface area contributed by atoms with Crippen molar-refractivity contribution in [2.75, 3.05) is 13.6 Å². The molecule has 1 atom stereocenters.